The standard InChI is InChI=1S/C20H25NS.H2/c1-17(2)14-8-18(16(21)22)11-19(13-6-4-3-5-7-13)10-15(17)20(19,9-14)12-18;/h3-7,14-15H,8-12H2,1-2H3,(H2,21,22);1H. The van der Waals surface area contributed by atoms with Crippen LogP contribution in [0.15, 0.2) is 30.3 Å². The van der Waals surface area contributed by atoms with Crippen molar-refractivity contribution < 1.29 is 1.43 Å². The van der Waals surface area contributed by atoms with Crippen LogP contribution in [0.5, 0.6) is 0 Å². The number of hydrogen-bond acceptors (Lipinski definition) is 1. The fourth-order valence-electron chi connectivity index (χ4n) is 7.60. The lowest BCUT2D eigenvalue weighted by Crippen LogP contribution is -2.58. The van der Waals surface area contributed by atoms with Gasteiger partial charge in [0.1, 0.15) is 0 Å². The molecule has 118 valence electrons. The van der Waals surface area contributed by atoms with Crippen LogP contribution in [-0.2, 0) is 5.41 Å². The Morgan fingerprint density at radius 2 is 1.86 bits per heavy atom. The summed E-state index contributed by atoms with van der Waals surface area (Å²) in [6.07, 6.45) is 6.47. The first-order chi connectivity index (χ1) is 10.4. The van der Waals surface area contributed by atoms with Gasteiger partial charge < -0.3 is 5.73 Å². The highest BCUT2D eigenvalue weighted by molar-refractivity contribution is 7.80. The largest absolute Gasteiger partial charge is 0.393 e. The van der Waals surface area contributed by atoms with E-state index in [4.69, 9.17) is 18.0 Å². The van der Waals surface area contributed by atoms with Crippen molar-refractivity contribution >= 4 is 17.2 Å². The number of nitrogens with two attached hydrogens (primary N) is 1. The van der Waals surface area contributed by atoms with Crippen molar-refractivity contribution in [3.05, 3.63) is 35.9 Å². The molecule has 0 saturated heterocycles. The fraction of sp³-hybridized carbons (Fsp3) is 0.650. The summed E-state index contributed by atoms with van der Waals surface area (Å²) in [5, 5.41) is 0. The van der Waals surface area contributed by atoms with Crippen LogP contribution in [0.2, 0.25) is 0 Å². The summed E-state index contributed by atoms with van der Waals surface area (Å²) >= 11 is 5.61. The Morgan fingerprint density at radius 1 is 1.14 bits per heavy atom. The second-order valence-electron chi connectivity index (χ2n) is 9.29. The van der Waals surface area contributed by atoms with Gasteiger partial charge in [0.2, 0.25) is 0 Å². The molecule has 3 bridgehead atoms. The lowest BCUT2D eigenvalue weighted by Gasteiger charge is -2.62. The third kappa shape index (κ3) is 1.17. The van der Waals surface area contributed by atoms with Gasteiger partial charge in [0.25, 0.3) is 0 Å². The average Bonchev–Trinajstić information content (AvgIpc) is 2.72. The highest BCUT2D eigenvalue weighted by Gasteiger charge is 2.82. The van der Waals surface area contributed by atoms with E-state index in [2.05, 4.69) is 44.2 Å². The van der Waals surface area contributed by atoms with E-state index in [1.807, 2.05) is 0 Å². The molecule has 0 aromatic heterocycles. The Morgan fingerprint density at radius 3 is 2.55 bits per heavy atom. The second kappa shape index (κ2) is 3.61. The van der Waals surface area contributed by atoms with Crippen LogP contribution in [0.4, 0.5) is 0 Å². The van der Waals surface area contributed by atoms with Crippen molar-refractivity contribution in [1.29, 1.82) is 0 Å². The Bertz CT molecular complexity index is 686. The van der Waals surface area contributed by atoms with E-state index in [9.17, 15) is 0 Å². The third-order valence-corrected chi connectivity index (χ3v) is 8.95. The van der Waals surface area contributed by atoms with E-state index >= 15 is 0 Å². The molecule has 4 aliphatic carbocycles. The van der Waals surface area contributed by atoms with Crippen molar-refractivity contribution in [2.24, 2.45) is 33.8 Å². The van der Waals surface area contributed by atoms with Gasteiger partial charge in [0, 0.05) is 12.3 Å². The van der Waals surface area contributed by atoms with Gasteiger partial charge in [-0.1, -0.05) is 56.4 Å². The van der Waals surface area contributed by atoms with E-state index in [-0.39, 0.29) is 6.84 Å². The zero-order chi connectivity index (χ0) is 15.4. The predicted octanol–water partition coefficient (Wildman–Crippen LogP) is 4.69. The number of benzene rings is 1. The van der Waals surface area contributed by atoms with E-state index in [1.54, 1.807) is 5.56 Å². The van der Waals surface area contributed by atoms with Gasteiger partial charge in [0.15, 0.2) is 0 Å². The van der Waals surface area contributed by atoms with Crippen LogP contribution in [0, 0.1) is 28.1 Å². The predicted molar refractivity (Wildman–Crippen MR) is 95.7 cm³/mol. The van der Waals surface area contributed by atoms with Crippen LogP contribution in [0.25, 0.3) is 0 Å². The Balaban J connectivity index is 0.00000135. The number of thiocarbonyl (C=S) groups is 1. The van der Waals surface area contributed by atoms with Gasteiger partial charge in [-0.2, -0.15) is 0 Å². The van der Waals surface area contributed by atoms with Crippen LogP contribution >= 0.6 is 12.2 Å². The van der Waals surface area contributed by atoms with Gasteiger partial charge in [0.05, 0.1) is 4.99 Å². The van der Waals surface area contributed by atoms with Gasteiger partial charge in [-0.15, -0.1) is 0 Å². The molecule has 22 heavy (non-hydrogen) atoms. The van der Waals surface area contributed by atoms with Crippen LogP contribution in [0.1, 0.15) is 52.9 Å². The van der Waals surface area contributed by atoms with E-state index < -0.39 is 0 Å². The van der Waals surface area contributed by atoms with Crippen LogP contribution in [0.3, 0.4) is 0 Å². The summed E-state index contributed by atoms with van der Waals surface area (Å²) in [4.78, 5) is 0.803. The highest BCUT2D eigenvalue weighted by atomic mass is 32.1. The van der Waals surface area contributed by atoms with Gasteiger partial charge >= 0.3 is 0 Å². The highest BCUT2D eigenvalue weighted by Crippen LogP contribution is 2.87. The molecule has 4 fully saturated rings. The number of rotatable bonds is 2. The average molecular weight is 314 g/mol. The summed E-state index contributed by atoms with van der Waals surface area (Å²) in [6.45, 7) is 5.03. The van der Waals surface area contributed by atoms with Crippen molar-refractivity contribution in [2.45, 2.75) is 51.4 Å². The normalized spacial score (nSPS) is 49.7. The monoisotopic (exact) mass is 313 g/mol. The van der Waals surface area contributed by atoms with Crippen LogP contribution < -0.4 is 5.73 Å². The summed E-state index contributed by atoms with van der Waals surface area (Å²) < 4.78 is 0. The molecule has 2 N–H and O–H groups in total. The maximum absolute atomic E-state index is 6.33. The zero-order valence-electron chi connectivity index (χ0n) is 13.6. The molecule has 2 heteroatoms. The van der Waals surface area contributed by atoms with Gasteiger partial charge in [-0.25, -0.2) is 0 Å². The lowest BCUT2D eigenvalue weighted by molar-refractivity contribution is -0.0735. The molecule has 1 aromatic carbocycles. The molecule has 0 heterocycles. The lowest BCUT2D eigenvalue weighted by atomic mass is 9.42. The maximum atomic E-state index is 6.33. The summed E-state index contributed by atoms with van der Waals surface area (Å²) in [6, 6.07) is 11.3. The molecule has 4 saturated carbocycles. The van der Waals surface area contributed by atoms with Crippen molar-refractivity contribution in [3.8, 4) is 0 Å². The minimum atomic E-state index is 0. The zero-order valence-corrected chi connectivity index (χ0v) is 14.4. The molecule has 1 spiro atoms. The first kappa shape index (κ1) is 13.5. The summed E-state index contributed by atoms with van der Waals surface area (Å²) in [5.41, 5.74) is 9.31. The third-order valence-electron chi connectivity index (χ3n) is 8.51. The van der Waals surface area contributed by atoms with Crippen molar-refractivity contribution in [1.82, 2.24) is 0 Å². The van der Waals surface area contributed by atoms with Gasteiger partial charge in [-0.3, -0.25) is 0 Å². The number of hydrogen-bond donors (Lipinski definition) is 1. The molecule has 1 aromatic rings. The molecule has 0 amide bonds. The molecule has 5 unspecified atom stereocenters. The molecular formula is C20H27NS. The minimum absolute atomic E-state index is 0. The Kier molecular flexibility index (Phi) is 2.22. The van der Waals surface area contributed by atoms with E-state index in [0.717, 1.165) is 16.8 Å². The molecule has 1 nitrogen and oxygen atoms in total. The van der Waals surface area contributed by atoms with Crippen LogP contribution in [-0.4, -0.2) is 4.99 Å². The van der Waals surface area contributed by atoms with Crippen molar-refractivity contribution in [2.75, 3.05) is 0 Å². The first-order valence-corrected chi connectivity index (χ1v) is 9.13. The van der Waals surface area contributed by atoms with Gasteiger partial charge in [-0.05, 0) is 60.3 Å². The summed E-state index contributed by atoms with van der Waals surface area (Å²) in [7, 11) is 0. The topological polar surface area (TPSA) is 26.0 Å². The Hall–Kier alpha value is -0.890. The fourth-order valence-corrected chi connectivity index (χ4v) is 7.82. The first-order valence-electron chi connectivity index (χ1n) is 8.72. The minimum Gasteiger partial charge on any atom is -0.393 e. The molecular weight excluding hydrogens is 286 g/mol. The molecule has 5 atom stereocenters. The summed E-state index contributed by atoms with van der Waals surface area (Å²) in [5.74, 6) is 1.67. The maximum Gasteiger partial charge on any atom is 0.0790 e. The van der Waals surface area contributed by atoms with Crippen molar-refractivity contribution in [3.63, 3.8) is 0 Å². The second-order valence-corrected chi connectivity index (χ2v) is 9.73. The molecule has 4 aliphatic rings. The SMILES string of the molecule is CC1(C)C2CC3(C(N)=S)CC4(c5ccccc5)CC1C4(C2)C3.[HH]. The molecule has 0 aliphatic heterocycles. The van der Waals surface area contributed by atoms with E-state index in [1.165, 1.54) is 32.1 Å². The number of fused-ring (bicyclic) bond motifs is 2. The quantitative estimate of drug-likeness (QED) is 0.801. The smallest absolute Gasteiger partial charge is 0.0790 e. The Labute approximate surface area is 140 Å². The molecule has 0 radical (unpaired) electrons. The van der Waals surface area contributed by atoms with E-state index in [0.29, 0.717) is 16.2 Å². The molecule has 5 rings (SSSR count).